The summed E-state index contributed by atoms with van der Waals surface area (Å²) >= 11 is 1.32. The number of fused-ring (bicyclic) bond motifs is 2. The smallest absolute Gasteiger partial charge is 0.297 e. The number of carbonyl (C=O) groups is 1. The highest BCUT2D eigenvalue weighted by Gasteiger charge is 2.45. The van der Waals surface area contributed by atoms with Gasteiger partial charge in [0.2, 0.25) is 5.76 Å². The topological polar surface area (TPSA) is 72.6 Å². The largest absolute Gasteiger partial charge is 0.494 e. The van der Waals surface area contributed by atoms with Crippen molar-refractivity contribution in [3.05, 3.63) is 86.0 Å². The van der Waals surface area contributed by atoms with Crippen molar-refractivity contribution in [3.63, 3.8) is 0 Å². The van der Waals surface area contributed by atoms with Gasteiger partial charge >= 0.3 is 0 Å². The van der Waals surface area contributed by atoms with Gasteiger partial charge < -0.3 is 9.15 Å². The van der Waals surface area contributed by atoms with Crippen molar-refractivity contribution in [1.82, 2.24) is 4.98 Å². The number of thiazole rings is 1. The van der Waals surface area contributed by atoms with Crippen LogP contribution in [0.25, 0.3) is 11.0 Å². The Kier molecular flexibility index (Phi) is 4.82. The summed E-state index contributed by atoms with van der Waals surface area (Å²) in [5.74, 6) is -0.612. The highest BCUT2D eigenvalue weighted by Crippen LogP contribution is 2.43. The molecule has 32 heavy (non-hydrogen) atoms. The van der Waals surface area contributed by atoms with Crippen LogP contribution in [-0.4, -0.2) is 17.5 Å². The standard InChI is InChI=1S/C24H19FN2O4S/c1-4-30-14-9-10-16-18(11-14)31-22-19(21(16)28)20(15-7-5-6-8-17(15)25)27(23(22)29)24-26-12(2)13(3)32-24/h5-11,20H,4H2,1-3H3. The third-order valence-electron chi connectivity index (χ3n) is 5.58. The van der Waals surface area contributed by atoms with E-state index in [1.165, 1.54) is 22.3 Å². The number of halogens is 1. The van der Waals surface area contributed by atoms with E-state index >= 15 is 0 Å². The van der Waals surface area contributed by atoms with Gasteiger partial charge in [-0.3, -0.25) is 14.5 Å². The van der Waals surface area contributed by atoms with E-state index in [1.54, 1.807) is 36.4 Å². The minimum atomic E-state index is -0.976. The summed E-state index contributed by atoms with van der Waals surface area (Å²) in [5, 5.41) is 0.692. The predicted octanol–water partition coefficient (Wildman–Crippen LogP) is 5.15. The second-order valence-corrected chi connectivity index (χ2v) is 8.68. The molecule has 1 amide bonds. The van der Waals surface area contributed by atoms with E-state index in [0.29, 0.717) is 22.9 Å². The maximum absolute atomic E-state index is 14.9. The van der Waals surface area contributed by atoms with Crippen molar-refractivity contribution >= 4 is 33.3 Å². The zero-order valence-electron chi connectivity index (χ0n) is 17.6. The van der Waals surface area contributed by atoms with E-state index in [1.807, 2.05) is 20.8 Å². The Bertz CT molecular complexity index is 1420. The maximum atomic E-state index is 14.9. The molecular weight excluding hydrogens is 431 g/mol. The van der Waals surface area contributed by atoms with Gasteiger partial charge in [-0.05, 0) is 39.0 Å². The van der Waals surface area contributed by atoms with Gasteiger partial charge in [-0.2, -0.15) is 0 Å². The van der Waals surface area contributed by atoms with E-state index < -0.39 is 17.8 Å². The molecule has 1 atom stereocenters. The van der Waals surface area contributed by atoms with Gasteiger partial charge in [-0.15, -0.1) is 11.3 Å². The van der Waals surface area contributed by atoms with E-state index in [-0.39, 0.29) is 27.9 Å². The fourth-order valence-corrected chi connectivity index (χ4v) is 4.89. The van der Waals surface area contributed by atoms with Gasteiger partial charge in [0, 0.05) is 16.5 Å². The number of benzene rings is 2. The molecule has 0 fully saturated rings. The summed E-state index contributed by atoms with van der Waals surface area (Å²) < 4.78 is 26.4. The molecule has 8 heteroatoms. The third kappa shape index (κ3) is 3.02. The Morgan fingerprint density at radius 1 is 1.19 bits per heavy atom. The Balaban J connectivity index is 1.80. The van der Waals surface area contributed by atoms with Crippen LogP contribution in [0.2, 0.25) is 0 Å². The molecule has 1 unspecified atom stereocenters. The lowest BCUT2D eigenvalue weighted by Crippen LogP contribution is -2.30. The molecular formula is C24H19FN2O4S. The van der Waals surface area contributed by atoms with Crippen molar-refractivity contribution in [2.45, 2.75) is 26.8 Å². The first-order valence-corrected chi connectivity index (χ1v) is 11.0. The van der Waals surface area contributed by atoms with Gasteiger partial charge in [0.15, 0.2) is 10.6 Å². The molecule has 5 rings (SSSR count). The predicted molar refractivity (Wildman–Crippen MR) is 120 cm³/mol. The van der Waals surface area contributed by atoms with Crippen molar-refractivity contribution in [3.8, 4) is 5.75 Å². The Morgan fingerprint density at radius 3 is 2.66 bits per heavy atom. The Morgan fingerprint density at radius 2 is 1.97 bits per heavy atom. The van der Waals surface area contributed by atoms with E-state index in [0.717, 1.165) is 10.6 Å². The number of hydrogen-bond acceptors (Lipinski definition) is 6. The third-order valence-corrected chi connectivity index (χ3v) is 6.65. The number of carbonyl (C=O) groups excluding carboxylic acids is 1. The monoisotopic (exact) mass is 450 g/mol. The number of nitrogens with zero attached hydrogens (tertiary/aromatic N) is 2. The van der Waals surface area contributed by atoms with Crippen LogP contribution in [0.15, 0.2) is 51.7 Å². The molecule has 4 aromatic rings. The van der Waals surface area contributed by atoms with Crippen molar-refractivity contribution in [2.75, 3.05) is 11.5 Å². The SMILES string of the molecule is CCOc1ccc2c(=O)c3c(oc2c1)C(=O)N(c1nc(C)c(C)s1)C3c1ccccc1F. The van der Waals surface area contributed by atoms with Gasteiger partial charge in [-0.1, -0.05) is 18.2 Å². The van der Waals surface area contributed by atoms with Gasteiger partial charge in [0.1, 0.15) is 23.2 Å². The molecule has 162 valence electrons. The zero-order valence-corrected chi connectivity index (χ0v) is 18.5. The van der Waals surface area contributed by atoms with Crippen LogP contribution in [0.3, 0.4) is 0 Å². The molecule has 2 aromatic heterocycles. The van der Waals surface area contributed by atoms with E-state index in [9.17, 15) is 14.0 Å². The minimum Gasteiger partial charge on any atom is -0.494 e. The first kappa shape index (κ1) is 20.4. The van der Waals surface area contributed by atoms with Crippen LogP contribution >= 0.6 is 11.3 Å². The first-order valence-electron chi connectivity index (χ1n) is 10.2. The highest BCUT2D eigenvalue weighted by atomic mass is 32.1. The summed E-state index contributed by atoms with van der Waals surface area (Å²) in [4.78, 5) is 33.9. The van der Waals surface area contributed by atoms with Crippen LogP contribution in [-0.2, 0) is 0 Å². The highest BCUT2D eigenvalue weighted by molar-refractivity contribution is 7.15. The van der Waals surface area contributed by atoms with Crippen LogP contribution < -0.4 is 15.1 Å². The van der Waals surface area contributed by atoms with Crippen LogP contribution in [0.4, 0.5) is 9.52 Å². The number of ether oxygens (including phenoxy) is 1. The average molecular weight is 450 g/mol. The van der Waals surface area contributed by atoms with Crippen LogP contribution in [0.5, 0.6) is 5.75 Å². The number of hydrogen-bond donors (Lipinski definition) is 0. The number of aryl methyl sites for hydroxylation is 2. The molecule has 2 aromatic carbocycles. The van der Waals surface area contributed by atoms with E-state index in [4.69, 9.17) is 9.15 Å². The van der Waals surface area contributed by atoms with Crippen molar-refractivity contribution in [2.24, 2.45) is 0 Å². The normalized spacial score (nSPS) is 15.4. The Hall–Kier alpha value is -3.52. The van der Waals surface area contributed by atoms with Gasteiger partial charge in [-0.25, -0.2) is 9.37 Å². The van der Waals surface area contributed by atoms with Crippen molar-refractivity contribution < 1.29 is 18.3 Å². The molecule has 0 aliphatic carbocycles. The summed E-state index contributed by atoms with van der Waals surface area (Å²) in [6.45, 7) is 6.04. The quantitative estimate of drug-likeness (QED) is 0.430. The van der Waals surface area contributed by atoms with Crippen molar-refractivity contribution in [1.29, 1.82) is 0 Å². The lowest BCUT2D eigenvalue weighted by atomic mass is 9.98. The molecule has 0 radical (unpaired) electrons. The van der Waals surface area contributed by atoms with Crippen LogP contribution in [0, 0.1) is 19.7 Å². The minimum absolute atomic E-state index is 0.102. The molecule has 0 N–H and O–H groups in total. The zero-order chi connectivity index (χ0) is 22.6. The fraction of sp³-hybridized carbons (Fsp3) is 0.208. The van der Waals surface area contributed by atoms with Gasteiger partial charge in [0.05, 0.1) is 23.3 Å². The summed E-state index contributed by atoms with van der Waals surface area (Å²) in [6.07, 6.45) is 0. The molecule has 1 aliphatic heterocycles. The number of amides is 1. The molecule has 0 spiro atoms. The lowest BCUT2D eigenvalue weighted by Gasteiger charge is -2.22. The Labute approximate surface area is 186 Å². The average Bonchev–Trinajstić information content (AvgIpc) is 3.25. The number of anilines is 1. The summed E-state index contributed by atoms with van der Waals surface area (Å²) in [7, 11) is 0. The number of rotatable bonds is 4. The molecule has 3 heterocycles. The molecule has 0 bridgehead atoms. The summed E-state index contributed by atoms with van der Waals surface area (Å²) in [6, 6.07) is 10.0. The maximum Gasteiger partial charge on any atom is 0.297 e. The van der Waals surface area contributed by atoms with Gasteiger partial charge in [0.25, 0.3) is 5.91 Å². The second-order valence-electron chi connectivity index (χ2n) is 7.50. The molecule has 0 saturated carbocycles. The first-order chi connectivity index (χ1) is 15.4. The molecule has 6 nitrogen and oxygen atoms in total. The summed E-state index contributed by atoms with van der Waals surface area (Å²) in [5.41, 5.74) is 0.962. The molecule has 0 saturated heterocycles. The van der Waals surface area contributed by atoms with E-state index in [2.05, 4.69) is 4.98 Å². The second kappa shape index (κ2) is 7.56. The molecule has 1 aliphatic rings. The van der Waals surface area contributed by atoms with Crippen LogP contribution in [0.1, 0.15) is 45.2 Å². The number of aromatic nitrogens is 1. The lowest BCUT2D eigenvalue weighted by molar-refractivity contribution is 0.0970. The fourth-order valence-electron chi connectivity index (χ4n) is 3.95.